The van der Waals surface area contributed by atoms with Gasteiger partial charge in [-0.15, -0.1) is 0 Å². The minimum absolute atomic E-state index is 0.0812. The highest BCUT2D eigenvalue weighted by molar-refractivity contribution is 6.33. The third-order valence-electron chi connectivity index (χ3n) is 4.68. The van der Waals surface area contributed by atoms with Gasteiger partial charge < -0.3 is 14.2 Å². The van der Waals surface area contributed by atoms with Crippen LogP contribution in [0.1, 0.15) is 104 Å². The average Bonchev–Trinajstić information content (AvgIpc) is 2.70. The zero-order valence-electron chi connectivity index (χ0n) is 18.6. The molecule has 0 saturated carbocycles. The lowest BCUT2D eigenvalue weighted by Crippen LogP contribution is -2.30. The second-order valence-electron chi connectivity index (χ2n) is 7.52. The number of esters is 1. The molecule has 0 heterocycles. The van der Waals surface area contributed by atoms with Gasteiger partial charge in [0.25, 0.3) is 0 Å². The highest BCUT2D eigenvalue weighted by Gasteiger charge is 2.18. The van der Waals surface area contributed by atoms with E-state index in [9.17, 15) is 9.59 Å². The minimum atomic E-state index is -0.736. The van der Waals surface area contributed by atoms with E-state index in [2.05, 4.69) is 20.8 Å². The smallest absolute Gasteiger partial charge is 0.374 e. The fourth-order valence-corrected chi connectivity index (χ4v) is 2.77. The van der Waals surface area contributed by atoms with Crippen LogP contribution in [0, 0.1) is 0 Å². The second-order valence-corrected chi connectivity index (χ2v) is 7.52. The Morgan fingerprint density at radius 1 is 0.679 bits per heavy atom. The molecule has 0 amide bonds. The summed E-state index contributed by atoms with van der Waals surface area (Å²) in [7, 11) is 0. The Morgan fingerprint density at radius 3 is 1.89 bits per heavy atom. The lowest BCUT2D eigenvalue weighted by molar-refractivity contribution is -0.158. The molecule has 0 aromatic rings. The van der Waals surface area contributed by atoms with E-state index in [-0.39, 0.29) is 19.1 Å². The summed E-state index contributed by atoms with van der Waals surface area (Å²) in [6.45, 7) is 8.18. The normalized spacial score (nSPS) is 12.1. The lowest BCUT2D eigenvalue weighted by atomic mass is 10.1. The van der Waals surface area contributed by atoms with Crippen molar-refractivity contribution in [1.29, 1.82) is 0 Å². The van der Waals surface area contributed by atoms with E-state index in [1.54, 1.807) is 0 Å². The van der Waals surface area contributed by atoms with Crippen LogP contribution in [0.4, 0.5) is 0 Å². The minimum Gasteiger partial charge on any atom is -0.457 e. The molecule has 0 radical (unpaired) electrons. The summed E-state index contributed by atoms with van der Waals surface area (Å²) >= 11 is 0. The summed E-state index contributed by atoms with van der Waals surface area (Å²) in [5, 5.41) is 0. The van der Waals surface area contributed by atoms with Crippen molar-refractivity contribution in [3.63, 3.8) is 0 Å². The average molecular weight is 401 g/mol. The van der Waals surface area contributed by atoms with E-state index >= 15 is 0 Å². The quantitative estimate of drug-likeness (QED) is 0.142. The van der Waals surface area contributed by atoms with Gasteiger partial charge in [0.2, 0.25) is 5.78 Å². The SMILES string of the molecule is CCCCCCCCCCC(=O)C(=O)OCC(COCCCC)OCCCC. The predicted molar refractivity (Wildman–Crippen MR) is 114 cm³/mol. The molecule has 0 spiro atoms. The maximum absolute atomic E-state index is 11.9. The molecule has 0 aromatic carbocycles. The monoisotopic (exact) mass is 400 g/mol. The van der Waals surface area contributed by atoms with Gasteiger partial charge in [-0.25, -0.2) is 4.79 Å². The first-order valence-corrected chi connectivity index (χ1v) is 11.5. The molecule has 0 aromatic heterocycles. The third kappa shape index (κ3) is 17.2. The van der Waals surface area contributed by atoms with Gasteiger partial charge in [-0.3, -0.25) is 4.79 Å². The van der Waals surface area contributed by atoms with Crippen LogP contribution in [0.5, 0.6) is 0 Å². The number of unbranched alkanes of at least 4 members (excludes halogenated alkanes) is 9. The van der Waals surface area contributed by atoms with Gasteiger partial charge in [0.15, 0.2) is 0 Å². The fourth-order valence-electron chi connectivity index (χ4n) is 2.77. The number of hydrogen-bond donors (Lipinski definition) is 0. The number of rotatable bonds is 21. The van der Waals surface area contributed by atoms with Crippen LogP contribution in [0.3, 0.4) is 0 Å². The van der Waals surface area contributed by atoms with Crippen molar-refractivity contribution >= 4 is 11.8 Å². The Kier molecular flexibility index (Phi) is 20.1. The van der Waals surface area contributed by atoms with Gasteiger partial charge in [-0.05, 0) is 19.3 Å². The van der Waals surface area contributed by atoms with Crippen molar-refractivity contribution in [2.45, 2.75) is 110 Å². The van der Waals surface area contributed by atoms with Crippen molar-refractivity contribution in [3.8, 4) is 0 Å². The Bertz CT molecular complexity index is 370. The number of ketones is 1. The molecule has 0 aliphatic carbocycles. The molecule has 0 aliphatic heterocycles. The van der Waals surface area contributed by atoms with Gasteiger partial charge in [0.05, 0.1) is 6.61 Å². The summed E-state index contributed by atoms with van der Waals surface area (Å²) in [6, 6.07) is 0. The molecular weight excluding hydrogens is 356 g/mol. The molecule has 1 atom stereocenters. The van der Waals surface area contributed by atoms with Crippen LogP contribution in [0.25, 0.3) is 0 Å². The van der Waals surface area contributed by atoms with Gasteiger partial charge in [0, 0.05) is 19.6 Å². The van der Waals surface area contributed by atoms with E-state index in [0.717, 1.165) is 44.9 Å². The molecule has 166 valence electrons. The van der Waals surface area contributed by atoms with Crippen LogP contribution >= 0.6 is 0 Å². The molecular formula is C23H44O5. The number of ether oxygens (including phenoxy) is 3. The maximum Gasteiger partial charge on any atom is 0.374 e. The first kappa shape index (κ1) is 27.1. The summed E-state index contributed by atoms with van der Waals surface area (Å²) in [5.74, 6) is -1.16. The molecule has 0 rings (SSSR count). The maximum atomic E-state index is 11.9. The van der Waals surface area contributed by atoms with Gasteiger partial charge in [-0.1, -0.05) is 78.6 Å². The molecule has 5 nitrogen and oxygen atoms in total. The van der Waals surface area contributed by atoms with Gasteiger partial charge in [-0.2, -0.15) is 0 Å². The summed E-state index contributed by atoms with van der Waals surface area (Å²) < 4.78 is 16.5. The van der Waals surface area contributed by atoms with Crippen LogP contribution in [0.2, 0.25) is 0 Å². The summed E-state index contributed by atoms with van der Waals surface area (Å²) in [6.07, 6.45) is 13.3. The lowest BCUT2D eigenvalue weighted by Gasteiger charge is -2.18. The van der Waals surface area contributed by atoms with Crippen LogP contribution < -0.4 is 0 Å². The summed E-state index contributed by atoms with van der Waals surface area (Å²) in [5.41, 5.74) is 0. The zero-order chi connectivity index (χ0) is 20.9. The molecule has 0 aliphatic rings. The topological polar surface area (TPSA) is 61.8 Å². The van der Waals surface area contributed by atoms with Gasteiger partial charge >= 0.3 is 5.97 Å². The zero-order valence-corrected chi connectivity index (χ0v) is 18.6. The van der Waals surface area contributed by atoms with E-state index in [1.807, 2.05) is 0 Å². The third-order valence-corrected chi connectivity index (χ3v) is 4.68. The highest BCUT2D eigenvalue weighted by atomic mass is 16.6. The number of Topliss-reactive ketones (excluding diaryl/α,β-unsaturated/α-hetero) is 1. The van der Waals surface area contributed by atoms with E-state index in [1.165, 1.54) is 32.1 Å². The van der Waals surface area contributed by atoms with E-state index < -0.39 is 11.8 Å². The first-order chi connectivity index (χ1) is 13.7. The fraction of sp³-hybridized carbons (Fsp3) is 0.913. The second kappa shape index (κ2) is 20.8. The Hall–Kier alpha value is -0.940. The number of hydrogen-bond acceptors (Lipinski definition) is 5. The van der Waals surface area contributed by atoms with Crippen LogP contribution in [0.15, 0.2) is 0 Å². The molecule has 0 saturated heterocycles. The largest absolute Gasteiger partial charge is 0.457 e. The van der Waals surface area contributed by atoms with Crippen molar-refractivity contribution < 1.29 is 23.8 Å². The van der Waals surface area contributed by atoms with Gasteiger partial charge in [0.1, 0.15) is 12.7 Å². The molecule has 0 N–H and O–H groups in total. The molecule has 0 fully saturated rings. The first-order valence-electron chi connectivity index (χ1n) is 11.5. The molecule has 5 heteroatoms. The number of carbonyl (C=O) groups is 2. The Balaban J connectivity index is 3.93. The molecule has 28 heavy (non-hydrogen) atoms. The summed E-state index contributed by atoms with van der Waals surface area (Å²) in [4.78, 5) is 23.9. The standard InChI is InChI=1S/C23H44O5/c1-4-7-10-11-12-13-14-15-16-22(24)23(25)28-20-21(27-18-9-6-3)19-26-17-8-5-2/h21H,4-20H2,1-3H3. The van der Waals surface area contributed by atoms with E-state index in [0.29, 0.717) is 19.8 Å². The van der Waals surface area contributed by atoms with Crippen molar-refractivity contribution in [1.82, 2.24) is 0 Å². The Morgan fingerprint density at radius 2 is 1.25 bits per heavy atom. The predicted octanol–water partition coefficient (Wildman–Crippen LogP) is 5.63. The van der Waals surface area contributed by atoms with Crippen LogP contribution in [-0.4, -0.2) is 44.3 Å². The molecule has 1 unspecified atom stereocenters. The van der Waals surface area contributed by atoms with Crippen molar-refractivity contribution in [3.05, 3.63) is 0 Å². The molecule has 0 bridgehead atoms. The van der Waals surface area contributed by atoms with E-state index in [4.69, 9.17) is 14.2 Å². The number of carbonyl (C=O) groups excluding carboxylic acids is 2. The Labute approximate surface area is 172 Å². The van der Waals surface area contributed by atoms with Crippen LogP contribution in [-0.2, 0) is 23.8 Å². The highest BCUT2D eigenvalue weighted by Crippen LogP contribution is 2.10. The van der Waals surface area contributed by atoms with Crippen molar-refractivity contribution in [2.75, 3.05) is 26.4 Å². The van der Waals surface area contributed by atoms with Crippen molar-refractivity contribution in [2.24, 2.45) is 0 Å².